The first-order valence-corrected chi connectivity index (χ1v) is 9.84. The van der Waals surface area contributed by atoms with Gasteiger partial charge < -0.3 is 20.0 Å². The molecule has 0 saturated heterocycles. The van der Waals surface area contributed by atoms with Gasteiger partial charge in [0.05, 0.1) is 18.2 Å². The fraction of sp³-hybridized carbons (Fsp3) is 0.700. The van der Waals surface area contributed by atoms with Crippen molar-refractivity contribution in [3.63, 3.8) is 0 Å². The van der Waals surface area contributed by atoms with Crippen LogP contribution in [0, 0.1) is 5.41 Å². The summed E-state index contributed by atoms with van der Waals surface area (Å²) in [6.45, 7) is 4.36. The van der Waals surface area contributed by atoms with E-state index in [1.165, 1.54) is 0 Å². The van der Waals surface area contributed by atoms with Crippen LogP contribution >= 0.6 is 0 Å². The van der Waals surface area contributed by atoms with Crippen LogP contribution in [-0.4, -0.2) is 50.5 Å². The molecule has 26 heavy (non-hydrogen) atoms. The molecule has 6 heteroatoms. The number of rotatable bonds is 9. The van der Waals surface area contributed by atoms with E-state index in [9.17, 15) is 4.79 Å². The van der Waals surface area contributed by atoms with Crippen LogP contribution in [0.5, 0.6) is 0 Å². The maximum atomic E-state index is 12.7. The lowest BCUT2D eigenvalue weighted by molar-refractivity contribution is -0.138. The van der Waals surface area contributed by atoms with Crippen molar-refractivity contribution in [1.82, 2.24) is 15.5 Å². The van der Waals surface area contributed by atoms with Gasteiger partial charge in [-0.1, -0.05) is 26.2 Å². The monoisotopic (exact) mass is 362 g/mol. The molecule has 0 aliphatic heterocycles. The van der Waals surface area contributed by atoms with Crippen molar-refractivity contribution in [3.8, 4) is 0 Å². The molecule has 1 fully saturated rings. The first-order valence-electron chi connectivity index (χ1n) is 9.84. The van der Waals surface area contributed by atoms with Crippen molar-refractivity contribution in [2.75, 3.05) is 33.7 Å². The molecule has 6 nitrogen and oxygen atoms in total. The molecule has 0 aromatic carbocycles. The minimum Gasteiger partial charge on any atom is -0.469 e. The Labute approximate surface area is 157 Å². The molecule has 2 rings (SSSR count). The molecule has 1 heterocycles. The Morgan fingerprint density at radius 2 is 2.00 bits per heavy atom. The Hall–Kier alpha value is -1.98. The topological polar surface area (TPSA) is 69.9 Å². The number of hydrogen-bond acceptors (Lipinski definition) is 3. The van der Waals surface area contributed by atoms with E-state index in [1.54, 1.807) is 11.2 Å². The first-order chi connectivity index (χ1) is 12.6. The quantitative estimate of drug-likeness (QED) is 0.403. The molecule has 1 aliphatic carbocycles. The van der Waals surface area contributed by atoms with E-state index in [4.69, 9.17) is 9.41 Å². The molecule has 1 aromatic rings. The van der Waals surface area contributed by atoms with Crippen molar-refractivity contribution >= 4 is 11.9 Å². The van der Waals surface area contributed by atoms with Gasteiger partial charge in [-0.15, -0.1) is 0 Å². The molecule has 1 aliphatic rings. The second-order valence-electron chi connectivity index (χ2n) is 7.39. The van der Waals surface area contributed by atoms with Gasteiger partial charge in [0.15, 0.2) is 5.96 Å². The highest BCUT2D eigenvalue weighted by Crippen LogP contribution is 2.39. The lowest BCUT2D eigenvalue weighted by Gasteiger charge is -2.29. The summed E-state index contributed by atoms with van der Waals surface area (Å²) < 4.78 is 5.38. The molecule has 2 N–H and O–H groups in total. The predicted molar refractivity (Wildman–Crippen MR) is 105 cm³/mol. The third-order valence-corrected chi connectivity index (χ3v) is 5.03. The van der Waals surface area contributed by atoms with Gasteiger partial charge in [0.2, 0.25) is 5.91 Å². The molecule has 0 radical (unpaired) electrons. The number of amides is 1. The number of unbranched alkanes of at least 4 members (excludes halogenated alkanes) is 1. The zero-order chi connectivity index (χ0) is 18.8. The van der Waals surface area contributed by atoms with Crippen LogP contribution in [0.25, 0.3) is 0 Å². The highest BCUT2D eigenvalue weighted by Gasteiger charge is 2.42. The van der Waals surface area contributed by atoms with E-state index in [2.05, 4.69) is 17.6 Å². The van der Waals surface area contributed by atoms with E-state index in [1.807, 2.05) is 26.2 Å². The summed E-state index contributed by atoms with van der Waals surface area (Å²) in [7, 11) is 3.68. The molecule has 0 bridgehead atoms. The molecular weight excluding hydrogens is 328 g/mol. The van der Waals surface area contributed by atoms with E-state index in [0.29, 0.717) is 6.54 Å². The predicted octanol–water partition coefficient (Wildman–Crippen LogP) is 2.81. The average Bonchev–Trinajstić information content (AvgIpc) is 3.31. The largest absolute Gasteiger partial charge is 0.469 e. The molecule has 0 spiro atoms. The molecular formula is C20H34N4O2. The summed E-state index contributed by atoms with van der Waals surface area (Å²) in [5.41, 5.74) is -0.329. The van der Waals surface area contributed by atoms with Gasteiger partial charge in [-0.3, -0.25) is 9.79 Å². The minimum atomic E-state index is -0.329. The van der Waals surface area contributed by atoms with E-state index < -0.39 is 0 Å². The van der Waals surface area contributed by atoms with Gasteiger partial charge >= 0.3 is 0 Å². The lowest BCUT2D eigenvalue weighted by atomic mass is 9.85. The van der Waals surface area contributed by atoms with Crippen LogP contribution in [0.3, 0.4) is 0 Å². The summed E-state index contributed by atoms with van der Waals surface area (Å²) in [4.78, 5) is 19.2. The van der Waals surface area contributed by atoms with Crippen LogP contribution in [-0.2, 0) is 11.2 Å². The molecule has 1 saturated carbocycles. The average molecular weight is 363 g/mol. The van der Waals surface area contributed by atoms with Gasteiger partial charge in [0.25, 0.3) is 0 Å². The third-order valence-electron chi connectivity index (χ3n) is 5.03. The standard InChI is InChI=1S/C20H34N4O2/c1-4-5-13-21-19(22-14-10-17-9-8-15-26-17)23-16-20(11-6-7-12-20)18(25)24(2)3/h8-9,15H,4-7,10-14,16H2,1-3H3,(H2,21,22,23). The number of carbonyl (C=O) groups excluding carboxylic acids is 1. The third kappa shape index (κ3) is 5.78. The van der Waals surface area contributed by atoms with E-state index >= 15 is 0 Å². The number of guanidine groups is 1. The fourth-order valence-corrected chi connectivity index (χ4v) is 3.51. The van der Waals surface area contributed by atoms with Crippen LogP contribution in [0.2, 0.25) is 0 Å². The van der Waals surface area contributed by atoms with Crippen molar-refractivity contribution in [1.29, 1.82) is 0 Å². The number of furan rings is 1. The van der Waals surface area contributed by atoms with Crippen molar-refractivity contribution in [3.05, 3.63) is 24.2 Å². The Bertz CT molecular complexity index is 560. The first kappa shape index (κ1) is 20.3. The number of carbonyl (C=O) groups is 1. The Morgan fingerprint density at radius 3 is 2.62 bits per heavy atom. The zero-order valence-corrected chi connectivity index (χ0v) is 16.5. The smallest absolute Gasteiger partial charge is 0.230 e. The minimum absolute atomic E-state index is 0.210. The maximum Gasteiger partial charge on any atom is 0.230 e. The van der Waals surface area contributed by atoms with E-state index in [0.717, 1.165) is 69.8 Å². The van der Waals surface area contributed by atoms with Crippen molar-refractivity contribution in [2.45, 2.75) is 51.9 Å². The molecule has 1 amide bonds. The summed E-state index contributed by atoms with van der Waals surface area (Å²) in [5.74, 6) is 1.96. The SMILES string of the molecule is CCCCNC(=NCC1(C(=O)N(C)C)CCCC1)NCCc1ccco1. The van der Waals surface area contributed by atoms with Crippen molar-refractivity contribution < 1.29 is 9.21 Å². The lowest BCUT2D eigenvalue weighted by Crippen LogP contribution is -2.43. The normalized spacial score (nSPS) is 16.5. The van der Waals surface area contributed by atoms with Crippen LogP contribution in [0.1, 0.15) is 51.2 Å². The van der Waals surface area contributed by atoms with Gasteiger partial charge in [0, 0.05) is 33.6 Å². The Balaban J connectivity index is 1.98. The van der Waals surface area contributed by atoms with Crippen LogP contribution in [0.15, 0.2) is 27.8 Å². The van der Waals surface area contributed by atoms with E-state index in [-0.39, 0.29) is 11.3 Å². The fourth-order valence-electron chi connectivity index (χ4n) is 3.51. The summed E-state index contributed by atoms with van der Waals surface area (Å²) in [6.07, 6.45) is 8.82. The van der Waals surface area contributed by atoms with Gasteiger partial charge in [-0.25, -0.2) is 0 Å². The highest BCUT2D eigenvalue weighted by molar-refractivity contribution is 5.84. The second kappa shape index (κ2) is 10.2. The van der Waals surface area contributed by atoms with Crippen LogP contribution < -0.4 is 10.6 Å². The van der Waals surface area contributed by atoms with Gasteiger partial charge in [-0.2, -0.15) is 0 Å². The zero-order valence-electron chi connectivity index (χ0n) is 16.5. The highest BCUT2D eigenvalue weighted by atomic mass is 16.3. The number of nitrogens with zero attached hydrogens (tertiary/aromatic N) is 2. The summed E-state index contributed by atoms with van der Waals surface area (Å²) in [5, 5.41) is 6.77. The second-order valence-corrected chi connectivity index (χ2v) is 7.39. The number of aliphatic imine (C=N–C) groups is 1. The van der Waals surface area contributed by atoms with Crippen molar-refractivity contribution in [2.24, 2.45) is 10.4 Å². The van der Waals surface area contributed by atoms with Gasteiger partial charge in [0.1, 0.15) is 5.76 Å². The summed E-state index contributed by atoms with van der Waals surface area (Å²) in [6, 6.07) is 3.88. The number of nitrogens with one attached hydrogen (secondary N) is 2. The molecule has 0 atom stereocenters. The number of hydrogen-bond donors (Lipinski definition) is 2. The Morgan fingerprint density at radius 1 is 1.27 bits per heavy atom. The molecule has 0 unspecified atom stereocenters. The Kier molecular flexibility index (Phi) is 8.01. The summed E-state index contributed by atoms with van der Waals surface area (Å²) >= 11 is 0. The molecule has 146 valence electrons. The van der Waals surface area contributed by atoms with Crippen LogP contribution in [0.4, 0.5) is 0 Å². The molecule has 1 aromatic heterocycles. The maximum absolute atomic E-state index is 12.7. The van der Waals surface area contributed by atoms with Gasteiger partial charge in [-0.05, 0) is 31.4 Å².